The van der Waals surface area contributed by atoms with Crippen molar-refractivity contribution in [2.45, 2.75) is 24.1 Å². The molecule has 1 aliphatic rings. The van der Waals surface area contributed by atoms with Crippen molar-refractivity contribution in [2.75, 3.05) is 0 Å². The van der Waals surface area contributed by atoms with E-state index < -0.39 is 42.0 Å². The molecule has 0 amide bonds. The molecule has 0 spiro atoms. The number of aliphatic hydroxyl groups excluding tert-OH is 1. The lowest BCUT2D eigenvalue weighted by Crippen LogP contribution is -2.62. The molecule has 4 atom stereocenters. The predicted molar refractivity (Wildman–Crippen MR) is 123 cm³/mol. The van der Waals surface area contributed by atoms with Gasteiger partial charge < -0.3 is 24.4 Å². The van der Waals surface area contributed by atoms with Gasteiger partial charge in [0.1, 0.15) is 0 Å². The van der Waals surface area contributed by atoms with E-state index in [4.69, 9.17) is 14.2 Å². The van der Waals surface area contributed by atoms with E-state index >= 15 is 0 Å². The molecule has 0 heterocycles. The van der Waals surface area contributed by atoms with E-state index in [9.17, 15) is 24.6 Å². The molecule has 3 aromatic carbocycles. The number of carbonyl (C=O) groups is 3. The molecule has 8 heteroatoms. The molecule has 0 radical (unpaired) electrons. The van der Waals surface area contributed by atoms with Crippen molar-refractivity contribution in [2.24, 2.45) is 0 Å². The van der Waals surface area contributed by atoms with E-state index in [1.165, 1.54) is 48.6 Å². The molecular formula is C27H22O8. The zero-order valence-electron chi connectivity index (χ0n) is 18.4. The molecule has 1 aliphatic carbocycles. The first-order valence-corrected chi connectivity index (χ1v) is 10.8. The molecule has 0 bridgehead atoms. The number of hydrogen-bond donors (Lipinski definition) is 2. The standard InChI is InChI=1S/C27H22O8/c28-23-21(33-24(29)18-10-4-1-5-11-18)16-17-22(34-25(30)19-12-6-2-7-13-19)27(23,32)35-26(31)20-14-8-3-9-15-20/h1-17,21-23,28,32H. The Kier molecular flexibility index (Phi) is 7.05. The summed E-state index contributed by atoms with van der Waals surface area (Å²) in [6, 6.07) is 23.8. The maximum absolute atomic E-state index is 12.7. The van der Waals surface area contributed by atoms with E-state index in [0.717, 1.165) is 0 Å². The molecule has 4 unspecified atom stereocenters. The van der Waals surface area contributed by atoms with Gasteiger partial charge in [0.25, 0.3) is 5.79 Å². The highest BCUT2D eigenvalue weighted by Gasteiger charge is 2.55. The maximum Gasteiger partial charge on any atom is 0.340 e. The minimum Gasteiger partial charge on any atom is -0.451 e. The van der Waals surface area contributed by atoms with Gasteiger partial charge in [-0.05, 0) is 48.6 Å². The van der Waals surface area contributed by atoms with Gasteiger partial charge in [-0.1, -0.05) is 54.6 Å². The van der Waals surface area contributed by atoms with Crippen molar-refractivity contribution in [3.05, 3.63) is 120 Å². The smallest absolute Gasteiger partial charge is 0.340 e. The molecular weight excluding hydrogens is 452 g/mol. The topological polar surface area (TPSA) is 119 Å². The van der Waals surface area contributed by atoms with Gasteiger partial charge >= 0.3 is 17.9 Å². The summed E-state index contributed by atoms with van der Waals surface area (Å²) in [4.78, 5) is 37.9. The minimum atomic E-state index is -2.76. The van der Waals surface area contributed by atoms with Crippen molar-refractivity contribution < 1.29 is 38.8 Å². The Morgan fingerprint density at radius 1 is 0.629 bits per heavy atom. The molecule has 35 heavy (non-hydrogen) atoms. The summed E-state index contributed by atoms with van der Waals surface area (Å²) in [6.07, 6.45) is -2.50. The second kappa shape index (κ2) is 10.3. The van der Waals surface area contributed by atoms with Crippen LogP contribution in [0.3, 0.4) is 0 Å². The lowest BCUT2D eigenvalue weighted by atomic mass is 9.91. The van der Waals surface area contributed by atoms with Crippen LogP contribution in [0.15, 0.2) is 103 Å². The van der Waals surface area contributed by atoms with Gasteiger partial charge in [-0.15, -0.1) is 0 Å². The number of rotatable bonds is 6. The van der Waals surface area contributed by atoms with Gasteiger partial charge in [0.15, 0.2) is 18.3 Å². The summed E-state index contributed by atoms with van der Waals surface area (Å²) in [7, 11) is 0. The highest BCUT2D eigenvalue weighted by molar-refractivity contribution is 5.91. The highest BCUT2D eigenvalue weighted by atomic mass is 16.7. The third kappa shape index (κ3) is 5.29. The largest absolute Gasteiger partial charge is 0.451 e. The Bertz CT molecular complexity index is 1210. The summed E-state index contributed by atoms with van der Waals surface area (Å²) < 4.78 is 16.0. The molecule has 178 valence electrons. The fourth-order valence-electron chi connectivity index (χ4n) is 3.51. The van der Waals surface area contributed by atoms with Crippen LogP contribution in [0.5, 0.6) is 0 Å². The summed E-state index contributed by atoms with van der Waals surface area (Å²) in [6.45, 7) is 0. The van der Waals surface area contributed by atoms with Crippen LogP contribution in [0, 0.1) is 0 Å². The summed E-state index contributed by atoms with van der Waals surface area (Å²) in [5.41, 5.74) is 0.494. The summed E-state index contributed by atoms with van der Waals surface area (Å²) in [5.74, 6) is -5.32. The fraction of sp³-hybridized carbons (Fsp3) is 0.148. The predicted octanol–water partition coefficient (Wildman–Crippen LogP) is 2.91. The fourth-order valence-corrected chi connectivity index (χ4v) is 3.51. The Hall–Kier alpha value is -4.27. The van der Waals surface area contributed by atoms with Gasteiger partial charge in [-0.3, -0.25) is 0 Å². The quantitative estimate of drug-likeness (QED) is 0.242. The number of benzene rings is 3. The summed E-state index contributed by atoms with van der Waals surface area (Å²) in [5, 5.41) is 22.4. The minimum absolute atomic E-state index is 0.0913. The number of hydrogen-bond acceptors (Lipinski definition) is 8. The number of carbonyl (C=O) groups excluding carboxylic acids is 3. The molecule has 4 rings (SSSR count). The number of ether oxygens (including phenoxy) is 3. The first-order valence-electron chi connectivity index (χ1n) is 10.8. The van der Waals surface area contributed by atoms with Crippen LogP contribution < -0.4 is 0 Å². The molecule has 8 nitrogen and oxygen atoms in total. The van der Waals surface area contributed by atoms with Crippen LogP contribution in [0.2, 0.25) is 0 Å². The van der Waals surface area contributed by atoms with Crippen LogP contribution in [0.4, 0.5) is 0 Å². The second-order valence-corrected chi connectivity index (χ2v) is 7.77. The van der Waals surface area contributed by atoms with Gasteiger partial charge in [0.05, 0.1) is 16.7 Å². The Morgan fingerprint density at radius 3 is 1.54 bits per heavy atom. The van der Waals surface area contributed by atoms with Gasteiger partial charge in [0.2, 0.25) is 0 Å². The van der Waals surface area contributed by atoms with E-state index in [0.29, 0.717) is 0 Å². The van der Waals surface area contributed by atoms with Gasteiger partial charge in [-0.2, -0.15) is 0 Å². The van der Waals surface area contributed by atoms with Crippen LogP contribution in [-0.4, -0.2) is 52.2 Å². The average molecular weight is 474 g/mol. The molecule has 0 saturated heterocycles. The van der Waals surface area contributed by atoms with E-state index in [1.54, 1.807) is 54.6 Å². The van der Waals surface area contributed by atoms with Crippen molar-refractivity contribution in [1.82, 2.24) is 0 Å². The molecule has 0 fully saturated rings. The Labute approximate surface area is 201 Å². The lowest BCUT2D eigenvalue weighted by Gasteiger charge is -2.41. The number of aliphatic hydroxyl groups is 2. The van der Waals surface area contributed by atoms with E-state index in [2.05, 4.69) is 0 Å². The molecule has 0 aromatic heterocycles. The molecule has 3 aromatic rings. The second-order valence-electron chi connectivity index (χ2n) is 7.77. The van der Waals surface area contributed by atoms with Crippen LogP contribution in [-0.2, 0) is 14.2 Å². The van der Waals surface area contributed by atoms with E-state index in [-0.39, 0.29) is 16.7 Å². The van der Waals surface area contributed by atoms with Crippen molar-refractivity contribution >= 4 is 17.9 Å². The maximum atomic E-state index is 12.7. The normalized spacial score (nSPS) is 23.2. The first kappa shape index (κ1) is 23.9. The summed E-state index contributed by atoms with van der Waals surface area (Å²) >= 11 is 0. The zero-order valence-corrected chi connectivity index (χ0v) is 18.4. The van der Waals surface area contributed by atoms with Gasteiger partial charge in [-0.25, -0.2) is 14.4 Å². The van der Waals surface area contributed by atoms with Crippen molar-refractivity contribution in [3.63, 3.8) is 0 Å². The van der Waals surface area contributed by atoms with Crippen molar-refractivity contribution in [1.29, 1.82) is 0 Å². The van der Waals surface area contributed by atoms with Crippen LogP contribution in [0.1, 0.15) is 31.1 Å². The number of esters is 3. The lowest BCUT2D eigenvalue weighted by molar-refractivity contribution is -0.278. The first-order chi connectivity index (χ1) is 16.9. The van der Waals surface area contributed by atoms with Gasteiger partial charge in [0, 0.05) is 0 Å². The van der Waals surface area contributed by atoms with Crippen LogP contribution >= 0.6 is 0 Å². The Balaban J connectivity index is 1.61. The Morgan fingerprint density at radius 2 is 1.06 bits per heavy atom. The highest BCUT2D eigenvalue weighted by Crippen LogP contribution is 2.32. The molecule has 0 saturated carbocycles. The molecule has 2 N–H and O–H groups in total. The van der Waals surface area contributed by atoms with E-state index in [1.807, 2.05) is 0 Å². The monoisotopic (exact) mass is 474 g/mol. The SMILES string of the molecule is O=C(OC1C=CC(OC(=O)c2ccccc2)C(O)(OC(=O)c2ccccc2)C1O)c1ccccc1. The average Bonchev–Trinajstić information content (AvgIpc) is 2.90. The third-order valence-electron chi connectivity index (χ3n) is 5.38. The zero-order chi connectivity index (χ0) is 24.8. The third-order valence-corrected chi connectivity index (χ3v) is 5.38. The molecule has 0 aliphatic heterocycles. The van der Waals surface area contributed by atoms with Crippen molar-refractivity contribution in [3.8, 4) is 0 Å². The van der Waals surface area contributed by atoms with Crippen LogP contribution in [0.25, 0.3) is 0 Å².